The highest BCUT2D eigenvalue weighted by Gasteiger charge is 2.22. The maximum absolute atomic E-state index is 12.8. The first-order chi connectivity index (χ1) is 12.3. The van der Waals surface area contributed by atoms with Crippen molar-refractivity contribution in [1.29, 1.82) is 0 Å². The van der Waals surface area contributed by atoms with Crippen molar-refractivity contribution in [3.8, 4) is 0 Å². The molecule has 2 aromatic rings. The van der Waals surface area contributed by atoms with Crippen LogP contribution in [0.2, 0.25) is 0 Å². The zero-order valence-corrected chi connectivity index (χ0v) is 15.2. The Morgan fingerprint density at radius 2 is 2.04 bits per heavy atom. The maximum Gasteiger partial charge on any atom is 0.232 e. The van der Waals surface area contributed by atoms with Crippen LogP contribution in [0.3, 0.4) is 0 Å². The molecule has 0 radical (unpaired) electrons. The summed E-state index contributed by atoms with van der Waals surface area (Å²) in [5.74, 6) is 1.46. The van der Waals surface area contributed by atoms with E-state index >= 15 is 0 Å². The fourth-order valence-electron chi connectivity index (χ4n) is 2.92. The van der Waals surface area contributed by atoms with Gasteiger partial charge >= 0.3 is 0 Å². The Balaban J connectivity index is 1.55. The first-order valence-electron chi connectivity index (χ1n) is 8.71. The number of rotatable bonds is 8. The molecule has 2 heterocycles. The van der Waals surface area contributed by atoms with Crippen molar-refractivity contribution in [2.45, 2.75) is 31.2 Å². The molecule has 1 atom stereocenters. The van der Waals surface area contributed by atoms with Crippen LogP contribution >= 0.6 is 11.8 Å². The summed E-state index contributed by atoms with van der Waals surface area (Å²) in [4.78, 5) is 18.8. The molecule has 1 aliphatic heterocycles. The van der Waals surface area contributed by atoms with Crippen LogP contribution in [0.1, 0.15) is 24.0 Å². The minimum Gasteiger partial charge on any atom is -0.376 e. The van der Waals surface area contributed by atoms with Crippen LogP contribution in [0.4, 0.5) is 0 Å². The molecule has 132 valence electrons. The maximum atomic E-state index is 12.8. The van der Waals surface area contributed by atoms with E-state index in [4.69, 9.17) is 4.74 Å². The number of nitrogens with zero attached hydrogens (tertiary/aromatic N) is 2. The lowest BCUT2D eigenvalue weighted by atomic mass is 10.2. The Labute approximate surface area is 153 Å². The largest absolute Gasteiger partial charge is 0.376 e. The third-order valence-electron chi connectivity index (χ3n) is 4.23. The average Bonchev–Trinajstić information content (AvgIpc) is 3.16. The van der Waals surface area contributed by atoms with Gasteiger partial charge in [-0.2, -0.15) is 0 Å². The Kier molecular flexibility index (Phi) is 6.89. The molecule has 0 N–H and O–H groups in total. The third kappa shape index (κ3) is 5.87. The van der Waals surface area contributed by atoms with Crippen molar-refractivity contribution in [2.24, 2.45) is 0 Å². The van der Waals surface area contributed by atoms with Gasteiger partial charge < -0.3 is 9.64 Å². The van der Waals surface area contributed by atoms with Crippen LogP contribution < -0.4 is 0 Å². The lowest BCUT2D eigenvalue weighted by Gasteiger charge is -2.25. The van der Waals surface area contributed by atoms with E-state index in [1.165, 1.54) is 0 Å². The molecule has 1 saturated heterocycles. The van der Waals surface area contributed by atoms with Crippen LogP contribution in [0.15, 0.2) is 54.9 Å². The molecule has 3 rings (SSSR count). The minimum atomic E-state index is 0.174. The van der Waals surface area contributed by atoms with Gasteiger partial charge in [-0.15, -0.1) is 11.8 Å². The second kappa shape index (κ2) is 9.59. The van der Waals surface area contributed by atoms with E-state index < -0.39 is 0 Å². The zero-order chi connectivity index (χ0) is 17.3. The molecule has 0 aliphatic carbocycles. The predicted octanol–water partition coefficient (Wildman–Crippen LogP) is 3.52. The van der Waals surface area contributed by atoms with E-state index in [9.17, 15) is 4.79 Å². The van der Waals surface area contributed by atoms with Crippen LogP contribution in [0.25, 0.3) is 0 Å². The van der Waals surface area contributed by atoms with Gasteiger partial charge in [0.1, 0.15) is 0 Å². The molecule has 1 aromatic heterocycles. The molecule has 5 heteroatoms. The summed E-state index contributed by atoms with van der Waals surface area (Å²) >= 11 is 1.64. The number of carbonyl (C=O) groups excluding carboxylic acids is 1. The van der Waals surface area contributed by atoms with Crippen molar-refractivity contribution in [3.05, 3.63) is 66.0 Å². The fraction of sp³-hybridized carbons (Fsp3) is 0.400. The van der Waals surface area contributed by atoms with E-state index in [2.05, 4.69) is 17.1 Å². The number of carbonyl (C=O) groups is 1. The van der Waals surface area contributed by atoms with E-state index in [1.807, 2.05) is 41.4 Å². The summed E-state index contributed by atoms with van der Waals surface area (Å²) in [6.07, 6.45) is 5.93. The summed E-state index contributed by atoms with van der Waals surface area (Å²) in [5.41, 5.74) is 2.31. The van der Waals surface area contributed by atoms with Gasteiger partial charge in [0.05, 0.1) is 11.9 Å². The molecule has 1 amide bonds. The quantitative estimate of drug-likeness (QED) is 0.726. The summed E-state index contributed by atoms with van der Waals surface area (Å²) in [6.45, 7) is 2.14. The fourth-order valence-corrected chi connectivity index (χ4v) is 3.79. The number of hydrogen-bond donors (Lipinski definition) is 0. The molecule has 0 saturated carbocycles. The van der Waals surface area contributed by atoms with Gasteiger partial charge in [-0.3, -0.25) is 9.78 Å². The molecule has 25 heavy (non-hydrogen) atoms. The third-order valence-corrected chi connectivity index (χ3v) is 5.22. The summed E-state index contributed by atoms with van der Waals surface area (Å²) < 4.78 is 5.74. The molecule has 0 bridgehead atoms. The molecular weight excluding hydrogens is 332 g/mol. The Bertz CT molecular complexity index is 645. The smallest absolute Gasteiger partial charge is 0.232 e. The number of ether oxygens (including phenoxy) is 1. The average molecular weight is 356 g/mol. The first-order valence-corrected chi connectivity index (χ1v) is 9.86. The standard InChI is InChI=1S/C20H24N2O2S/c23-20(16-25-15-18-8-4-10-21-12-18)22(14-19-9-5-11-24-19)13-17-6-2-1-3-7-17/h1-4,6-8,10,12,19H,5,9,11,13-16H2. The zero-order valence-electron chi connectivity index (χ0n) is 14.3. The van der Waals surface area contributed by atoms with Crippen molar-refractivity contribution in [2.75, 3.05) is 18.9 Å². The van der Waals surface area contributed by atoms with Gasteiger partial charge in [-0.1, -0.05) is 36.4 Å². The highest BCUT2D eigenvalue weighted by molar-refractivity contribution is 7.99. The Hall–Kier alpha value is -1.85. The van der Waals surface area contributed by atoms with E-state index in [0.29, 0.717) is 18.8 Å². The van der Waals surface area contributed by atoms with Crippen LogP contribution in [-0.2, 0) is 21.8 Å². The second-order valence-corrected chi connectivity index (χ2v) is 7.23. The first kappa shape index (κ1) is 18.0. The number of aromatic nitrogens is 1. The van der Waals surface area contributed by atoms with Crippen molar-refractivity contribution in [3.63, 3.8) is 0 Å². The van der Waals surface area contributed by atoms with E-state index in [-0.39, 0.29) is 12.0 Å². The van der Waals surface area contributed by atoms with Gasteiger partial charge in [0.2, 0.25) is 5.91 Å². The normalized spacial score (nSPS) is 16.7. The number of benzene rings is 1. The molecule has 1 aliphatic rings. The van der Waals surface area contributed by atoms with Crippen LogP contribution in [0, 0.1) is 0 Å². The van der Waals surface area contributed by atoms with Gasteiger partial charge in [0.15, 0.2) is 0 Å². The number of thioether (sulfide) groups is 1. The van der Waals surface area contributed by atoms with Gasteiger partial charge in [-0.05, 0) is 30.0 Å². The highest BCUT2D eigenvalue weighted by atomic mass is 32.2. The number of pyridine rings is 1. The van der Waals surface area contributed by atoms with Gasteiger partial charge in [-0.25, -0.2) is 0 Å². The molecule has 1 unspecified atom stereocenters. The molecule has 4 nitrogen and oxygen atoms in total. The topological polar surface area (TPSA) is 42.4 Å². The van der Waals surface area contributed by atoms with Crippen molar-refractivity contribution >= 4 is 17.7 Å². The Morgan fingerprint density at radius 1 is 1.20 bits per heavy atom. The molecule has 0 spiro atoms. The van der Waals surface area contributed by atoms with Crippen LogP contribution in [0.5, 0.6) is 0 Å². The van der Waals surface area contributed by atoms with Crippen molar-refractivity contribution in [1.82, 2.24) is 9.88 Å². The lowest BCUT2D eigenvalue weighted by Crippen LogP contribution is -2.38. The number of amides is 1. The SMILES string of the molecule is O=C(CSCc1cccnc1)N(Cc1ccccc1)CC1CCCO1. The van der Waals surface area contributed by atoms with Gasteiger partial charge in [0, 0.05) is 37.8 Å². The molecular formula is C20H24N2O2S. The van der Waals surface area contributed by atoms with Crippen LogP contribution in [-0.4, -0.2) is 40.8 Å². The lowest BCUT2D eigenvalue weighted by molar-refractivity contribution is -0.130. The van der Waals surface area contributed by atoms with E-state index in [1.54, 1.807) is 18.0 Å². The number of hydrogen-bond acceptors (Lipinski definition) is 4. The van der Waals surface area contributed by atoms with E-state index in [0.717, 1.165) is 36.3 Å². The summed E-state index contributed by atoms with van der Waals surface area (Å²) in [5, 5.41) is 0. The minimum absolute atomic E-state index is 0.174. The monoisotopic (exact) mass is 356 g/mol. The second-order valence-electron chi connectivity index (χ2n) is 6.25. The molecule has 1 aromatic carbocycles. The summed E-state index contributed by atoms with van der Waals surface area (Å²) in [7, 11) is 0. The predicted molar refractivity (Wildman–Crippen MR) is 101 cm³/mol. The van der Waals surface area contributed by atoms with Gasteiger partial charge in [0.25, 0.3) is 0 Å². The molecule has 1 fully saturated rings. The Morgan fingerprint density at radius 3 is 2.76 bits per heavy atom. The van der Waals surface area contributed by atoms with Crippen molar-refractivity contribution < 1.29 is 9.53 Å². The summed E-state index contributed by atoms with van der Waals surface area (Å²) in [6, 6.07) is 14.1. The highest BCUT2D eigenvalue weighted by Crippen LogP contribution is 2.17.